The summed E-state index contributed by atoms with van der Waals surface area (Å²) in [6, 6.07) is 3.10. The molecule has 0 radical (unpaired) electrons. The molecule has 264 valence electrons. The molecule has 2 atom stereocenters. The van der Waals surface area contributed by atoms with E-state index >= 15 is 0 Å². The van der Waals surface area contributed by atoms with E-state index in [9.17, 15) is 9.59 Å². The molecule has 0 aliphatic carbocycles. The number of carbonyl (C=O) groups is 2. The molecule has 34 heavy (non-hydrogen) atoms. The lowest BCUT2D eigenvalue weighted by Crippen LogP contribution is -2.66. The lowest BCUT2D eigenvalue weighted by atomic mass is 9.90. The first-order valence-corrected chi connectivity index (χ1v) is 11.8. The van der Waals surface area contributed by atoms with Crippen molar-refractivity contribution in [3.8, 4) is 0 Å². The van der Waals surface area contributed by atoms with Crippen LogP contribution in [0.2, 0.25) is 5.02 Å². The predicted molar refractivity (Wildman–Crippen MR) is 216 cm³/mol. The van der Waals surface area contributed by atoms with Crippen LogP contribution in [0.25, 0.3) is 0 Å². The minimum atomic E-state index is -1.62. The van der Waals surface area contributed by atoms with E-state index in [2.05, 4.69) is 33.7 Å². The van der Waals surface area contributed by atoms with Crippen LogP contribution in [0.3, 0.4) is 0 Å². The number of anilines is 1. The molecule has 2 aromatic rings. The SMILES string of the molecule is [2H][2H].[2H]c1nc(N2C(=O)c3nc(C)c(C)nc3[C@]2(C)OC(=O)N2CCN(CC)C(C)C2(C)C)ccc1Cl.[HH].[HH].[HH].[HH].[HH].[HH].[HH].[HH].[HH].[HH].[HH].[HH].[HH].[HH].[HH].[HH].[HH].[HH].[HH].[HH].[HH].[HH].[HH].[HH].[HH].[HH].[HH].[HH].[HH].[HH].[HH].[HH].[HH].[HH].[HH].[HH].[HH].[HH].[HH].[HH]. The van der Waals surface area contributed by atoms with Crippen LogP contribution in [0, 0.1) is 13.8 Å². The Labute approximate surface area is 269 Å². The van der Waals surface area contributed by atoms with Crippen molar-refractivity contribution in [2.45, 2.75) is 65.8 Å². The van der Waals surface area contributed by atoms with Crippen LogP contribution in [0.4, 0.5) is 10.6 Å². The summed E-state index contributed by atoms with van der Waals surface area (Å²) in [7, 11) is 0. The molecule has 0 saturated carbocycles. The van der Waals surface area contributed by atoms with E-state index in [-0.39, 0.29) is 91.5 Å². The highest BCUT2D eigenvalue weighted by Crippen LogP contribution is 2.42. The summed E-state index contributed by atoms with van der Waals surface area (Å²) in [6.45, 7) is 15.4. The van der Waals surface area contributed by atoms with Gasteiger partial charge in [0, 0.05) is 92.3 Å². The van der Waals surface area contributed by atoms with Crippen LogP contribution in [-0.2, 0) is 10.5 Å². The van der Waals surface area contributed by atoms with E-state index in [1.807, 2.05) is 13.8 Å². The Morgan fingerprint density at radius 1 is 1.32 bits per heavy atom. The van der Waals surface area contributed by atoms with Crippen molar-refractivity contribution in [1.82, 2.24) is 24.8 Å². The van der Waals surface area contributed by atoms with Crippen molar-refractivity contribution in [2.24, 2.45) is 0 Å². The molecule has 1 unspecified atom stereocenters. The monoisotopic (exact) mass is 572 g/mol. The second-order valence-corrected chi connectivity index (χ2v) is 9.86. The van der Waals surface area contributed by atoms with E-state index in [1.165, 1.54) is 17.0 Å². The molecular formula is C24H113ClN6O3. The summed E-state index contributed by atoms with van der Waals surface area (Å²) in [5.74, 6) is -0.387. The summed E-state index contributed by atoms with van der Waals surface area (Å²) in [4.78, 5) is 45.8. The number of aryl methyl sites for hydroxylation is 2. The lowest BCUT2D eigenvalue weighted by molar-refractivity contribution is -0.0540. The number of hydrogen-bond donors (Lipinski definition) is 0. The normalized spacial score (nSPS) is 25.0. The number of amides is 2. The van der Waals surface area contributed by atoms with Gasteiger partial charge in [0.05, 0.1) is 23.3 Å². The van der Waals surface area contributed by atoms with Gasteiger partial charge >= 0.3 is 6.09 Å². The van der Waals surface area contributed by atoms with Crippen molar-refractivity contribution >= 4 is 29.4 Å². The third kappa shape index (κ3) is 3.71. The number of rotatable bonds is 3. The lowest BCUT2D eigenvalue weighted by Gasteiger charge is -2.51. The average molecular weight is 573 g/mol. The minimum Gasteiger partial charge on any atom is -0.416 e. The second-order valence-electron chi connectivity index (χ2n) is 9.46. The highest BCUT2D eigenvalue weighted by Gasteiger charge is 2.55. The number of hydrogen-bond acceptors (Lipinski definition) is 7. The van der Waals surface area contributed by atoms with Gasteiger partial charge in [-0.05, 0) is 53.3 Å². The van der Waals surface area contributed by atoms with Crippen molar-refractivity contribution in [3.63, 3.8) is 0 Å². The Morgan fingerprint density at radius 3 is 2.65 bits per heavy atom. The van der Waals surface area contributed by atoms with Gasteiger partial charge in [0.25, 0.3) is 5.91 Å². The third-order valence-electron chi connectivity index (χ3n) is 7.25. The molecule has 1 fully saturated rings. The Morgan fingerprint density at radius 2 is 2.00 bits per heavy atom. The number of fused-ring (bicyclic) bond motifs is 1. The number of pyridine rings is 1. The first-order valence-electron chi connectivity index (χ1n) is 12.9. The summed E-state index contributed by atoms with van der Waals surface area (Å²) in [5.41, 5.74) is -0.585. The maximum absolute atomic E-state index is 13.7. The number of nitrogens with zero attached hydrogens (tertiary/aromatic N) is 6. The average Bonchev–Trinajstić information content (AvgIpc) is 3.04. The van der Waals surface area contributed by atoms with Crippen molar-refractivity contribution in [3.05, 3.63) is 46.1 Å². The number of halogens is 1. The van der Waals surface area contributed by atoms with E-state index in [4.69, 9.17) is 20.7 Å². The Kier molecular flexibility index (Phi) is 5.41. The predicted octanol–water partition coefficient (Wildman–Crippen LogP) is 14.0. The van der Waals surface area contributed by atoms with Gasteiger partial charge in [0.15, 0.2) is 5.69 Å². The van der Waals surface area contributed by atoms with Crippen LogP contribution in [-0.4, -0.2) is 68.0 Å². The molecule has 0 aromatic carbocycles. The minimum absolute atomic E-state index is 0. The highest BCUT2D eigenvalue weighted by atomic mass is 35.5. The number of aromatic nitrogens is 3. The number of ether oxygens (including phenoxy) is 1. The molecule has 4 heterocycles. The first kappa shape index (κ1) is 21.7. The van der Waals surface area contributed by atoms with Gasteiger partial charge in [-0.2, -0.15) is 0 Å². The maximum atomic E-state index is 13.7. The fourth-order valence-electron chi connectivity index (χ4n) is 4.72. The fourth-order valence-corrected chi connectivity index (χ4v) is 4.83. The number of piperazine rings is 1. The molecule has 2 amide bonds. The van der Waals surface area contributed by atoms with E-state index in [0.717, 1.165) is 6.54 Å². The Bertz CT molecular complexity index is 1280. The standard InChI is InChI=1S/C24H31ClN6O3.41H2/c1-8-29-11-12-30(23(5,6)16(29)4)22(33)34-24(7)20-19(27-14(2)15(3)28-20)21(32)31(24)18-10-9-17(25)13-26-18;;;;;;;;;;;;;;;;;;;;;;;;;;;;;;;;;;;;;;;;;/h9-10,13,16H,8,11-12H2,1-7H3;41*1H/t16?,24-;;;;;;;;;;;;;;;;;;;;;;;;;;;;;;;;;;;;;;;;;/m0........................................./s1/i13D;1+1D;;;;;;;;;;;;;;;;;;;;;;;;;;;;;;;;;;;;;;;;. The van der Waals surface area contributed by atoms with Crippen molar-refractivity contribution in [2.75, 3.05) is 24.5 Å². The molecule has 2 aliphatic rings. The molecule has 2 aromatic heterocycles. The van der Waals surface area contributed by atoms with Crippen molar-refractivity contribution < 1.29 is 75.7 Å². The van der Waals surface area contributed by atoms with E-state index in [0.29, 0.717) is 24.5 Å². The molecule has 10 heteroatoms. The Balaban J connectivity index is -0.00000000995. The van der Waals surface area contributed by atoms with Gasteiger partial charge in [-0.1, -0.05) is 18.5 Å². The van der Waals surface area contributed by atoms with Crippen molar-refractivity contribution in [1.29, 1.82) is 0 Å². The van der Waals surface area contributed by atoms with Gasteiger partial charge in [-0.15, -0.1) is 0 Å². The van der Waals surface area contributed by atoms with Gasteiger partial charge in [-0.25, -0.2) is 24.6 Å². The summed E-state index contributed by atoms with van der Waals surface area (Å²) < 4.78 is 24.2. The summed E-state index contributed by atoms with van der Waals surface area (Å²) in [5, 5.41) is 0.143. The van der Waals surface area contributed by atoms with E-state index < -0.39 is 23.3 Å². The molecule has 9 nitrogen and oxygen atoms in total. The molecule has 0 spiro atoms. The maximum Gasteiger partial charge on any atom is 0.412 e. The second kappa shape index (κ2) is 8.46. The topological polar surface area (TPSA) is 91.8 Å². The quantitative estimate of drug-likeness (QED) is 0.361. The Hall–Kier alpha value is -2.78. The van der Waals surface area contributed by atoms with Crippen LogP contribution in [0.5, 0.6) is 0 Å². The van der Waals surface area contributed by atoms with Crippen LogP contribution in [0.1, 0.15) is 124 Å². The van der Waals surface area contributed by atoms with Gasteiger partial charge < -0.3 is 9.64 Å². The van der Waals surface area contributed by atoms with Crippen LogP contribution in [0.15, 0.2) is 18.3 Å². The van der Waals surface area contributed by atoms with Gasteiger partial charge in [0.1, 0.15) is 11.5 Å². The van der Waals surface area contributed by atoms with Gasteiger partial charge in [-0.3, -0.25) is 9.69 Å². The van der Waals surface area contributed by atoms with Crippen LogP contribution < -0.4 is 4.90 Å². The zero-order chi connectivity index (χ0) is 27.9. The fraction of sp³-hybridized carbons (Fsp3) is 0.542. The van der Waals surface area contributed by atoms with E-state index in [1.54, 1.807) is 25.7 Å². The van der Waals surface area contributed by atoms with Crippen LogP contribution >= 0.6 is 11.6 Å². The summed E-state index contributed by atoms with van der Waals surface area (Å²) >= 11 is 6.01. The third-order valence-corrected chi connectivity index (χ3v) is 7.46. The number of carbonyl (C=O) groups excluding carboxylic acids is 2. The number of likely N-dealkylation sites (N-methyl/N-ethyl adjacent to an activating group) is 1. The molecule has 4 rings (SSSR count). The molecule has 1 saturated heterocycles. The smallest absolute Gasteiger partial charge is 0.412 e. The molecule has 0 N–H and O–H groups in total. The molecule has 2 aliphatic heterocycles. The molecule has 0 bridgehead atoms. The zero-order valence-corrected chi connectivity index (χ0v) is 21.4. The van der Waals surface area contributed by atoms with Gasteiger partial charge in [0.2, 0.25) is 5.72 Å². The zero-order valence-electron chi connectivity index (χ0n) is 23.6. The first-order chi connectivity index (χ1) is 17.3. The molecular weight excluding hydrogens is 456 g/mol. The highest BCUT2D eigenvalue weighted by molar-refractivity contribution is 6.30. The summed E-state index contributed by atoms with van der Waals surface area (Å²) in [6.07, 6.45) is -0.758. The largest absolute Gasteiger partial charge is 0.416 e.